The molecule has 0 atom stereocenters. The van der Waals surface area contributed by atoms with Gasteiger partial charge in [-0.15, -0.1) is 0 Å². The van der Waals surface area contributed by atoms with E-state index in [0.717, 1.165) is 13.1 Å². The standard InChI is InChI=1S/C6H16N2/c1-4-6-8(3)7-5-2/h7H,4-6H2,1-3H3. The Hall–Kier alpha value is -0.0800. The molecule has 0 aromatic rings. The van der Waals surface area contributed by atoms with Crippen molar-refractivity contribution in [3.8, 4) is 0 Å². The Labute approximate surface area is 51.8 Å². The lowest BCUT2D eigenvalue weighted by Crippen LogP contribution is -2.34. The van der Waals surface area contributed by atoms with Crippen LogP contribution in [0.5, 0.6) is 0 Å². The average molecular weight is 116 g/mol. The van der Waals surface area contributed by atoms with Crippen molar-refractivity contribution in [2.75, 3.05) is 20.1 Å². The molecule has 0 rings (SSSR count). The van der Waals surface area contributed by atoms with Crippen molar-refractivity contribution in [3.05, 3.63) is 0 Å². The van der Waals surface area contributed by atoms with Crippen LogP contribution in [0, 0.1) is 0 Å². The van der Waals surface area contributed by atoms with Crippen LogP contribution in [0.3, 0.4) is 0 Å². The lowest BCUT2D eigenvalue weighted by molar-refractivity contribution is 0.242. The molecule has 0 amide bonds. The second-order valence-electron chi connectivity index (χ2n) is 1.93. The molecule has 0 radical (unpaired) electrons. The fourth-order valence-corrected chi connectivity index (χ4v) is 0.684. The van der Waals surface area contributed by atoms with E-state index in [1.54, 1.807) is 0 Å². The minimum absolute atomic E-state index is 1.02. The SMILES string of the molecule is CCCN(C)NCC. The molecular weight excluding hydrogens is 100 g/mol. The van der Waals surface area contributed by atoms with E-state index in [0.29, 0.717) is 0 Å². The van der Waals surface area contributed by atoms with E-state index in [1.807, 2.05) is 0 Å². The Kier molecular flexibility index (Phi) is 5.01. The highest BCUT2D eigenvalue weighted by Gasteiger charge is 1.88. The summed E-state index contributed by atoms with van der Waals surface area (Å²) in [7, 11) is 2.06. The number of hydrazine groups is 1. The molecule has 0 aliphatic carbocycles. The Morgan fingerprint density at radius 2 is 2.00 bits per heavy atom. The maximum absolute atomic E-state index is 3.18. The molecule has 0 bridgehead atoms. The molecule has 2 nitrogen and oxygen atoms in total. The second-order valence-corrected chi connectivity index (χ2v) is 1.93. The van der Waals surface area contributed by atoms with Crippen LogP contribution >= 0.6 is 0 Å². The van der Waals surface area contributed by atoms with Gasteiger partial charge in [0.05, 0.1) is 0 Å². The van der Waals surface area contributed by atoms with E-state index in [1.165, 1.54) is 6.42 Å². The number of hydrogen-bond donors (Lipinski definition) is 1. The maximum atomic E-state index is 3.18. The lowest BCUT2D eigenvalue weighted by Gasteiger charge is -2.14. The maximum Gasteiger partial charge on any atom is 0.0125 e. The fourth-order valence-electron chi connectivity index (χ4n) is 0.684. The summed E-state index contributed by atoms with van der Waals surface area (Å²) < 4.78 is 0. The first-order valence-electron chi connectivity index (χ1n) is 3.25. The Morgan fingerprint density at radius 1 is 1.38 bits per heavy atom. The first-order chi connectivity index (χ1) is 3.81. The smallest absolute Gasteiger partial charge is 0.0125 e. The minimum atomic E-state index is 1.02. The third kappa shape index (κ3) is 4.09. The van der Waals surface area contributed by atoms with Crippen LogP contribution in [-0.2, 0) is 0 Å². The number of rotatable bonds is 4. The van der Waals surface area contributed by atoms with Crippen molar-refractivity contribution in [2.24, 2.45) is 0 Å². The molecule has 0 heterocycles. The number of nitrogens with one attached hydrogen (secondary N) is 1. The molecule has 0 aliphatic heterocycles. The molecule has 50 valence electrons. The molecule has 0 saturated carbocycles. The normalized spacial score (nSPS) is 10.5. The third-order valence-electron chi connectivity index (χ3n) is 0.987. The zero-order valence-electron chi connectivity index (χ0n) is 6.07. The number of hydrogen-bond acceptors (Lipinski definition) is 2. The quantitative estimate of drug-likeness (QED) is 0.548. The Balaban J connectivity index is 2.92. The van der Waals surface area contributed by atoms with Gasteiger partial charge in [0.1, 0.15) is 0 Å². The van der Waals surface area contributed by atoms with Crippen LogP contribution in [0.1, 0.15) is 20.3 Å². The van der Waals surface area contributed by atoms with E-state index >= 15 is 0 Å². The fraction of sp³-hybridized carbons (Fsp3) is 1.00. The molecule has 2 heteroatoms. The molecule has 1 N–H and O–H groups in total. The molecule has 0 aromatic carbocycles. The summed E-state index contributed by atoms with van der Waals surface area (Å²) in [6.45, 7) is 6.43. The van der Waals surface area contributed by atoms with E-state index in [4.69, 9.17) is 0 Å². The van der Waals surface area contributed by atoms with Crippen molar-refractivity contribution < 1.29 is 0 Å². The second kappa shape index (κ2) is 5.06. The molecule has 0 fully saturated rings. The molecule has 8 heavy (non-hydrogen) atoms. The van der Waals surface area contributed by atoms with E-state index in [-0.39, 0.29) is 0 Å². The highest BCUT2D eigenvalue weighted by atomic mass is 15.5. The van der Waals surface area contributed by atoms with Crippen molar-refractivity contribution >= 4 is 0 Å². The van der Waals surface area contributed by atoms with Crippen molar-refractivity contribution in [3.63, 3.8) is 0 Å². The van der Waals surface area contributed by atoms with Gasteiger partial charge in [-0.3, -0.25) is 5.43 Å². The van der Waals surface area contributed by atoms with Gasteiger partial charge in [-0.1, -0.05) is 13.8 Å². The van der Waals surface area contributed by atoms with Gasteiger partial charge < -0.3 is 0 Å². The zero-order chi connectivity index (χ0) is 6.41. The van der Waals surface area contributed by atoms with Gasteiger partial charge in [0, 0.05) is 20.1 Å². The van der Waals surface area contributed by atoms with Crippen LogP contribution in [0.15, 0.2) is 0 Å². The Morgan fingerprint density at radius 3 is 2.38 bits per heavy atom. The predicted molar refractivity (Wildman–Crippen MR) is 36.6 cm³/mol. The first-order valence-corrected chi connectivity index (χ1v) is 3.25. The van der Waals surface area contributed by atoms with Crippen LogP contribution in [-0.4, -0.2) is 25.1 Å². The summed E-state index contributed by atoms with van der Waals surface area (Å²) in [5.74, 6) is 0. The predicted octanol–water partition coefficient (Wildman–Crippen LogP) is 0.853. The van der Waals surface area contributed by atoms with Crippen LogP contribution in [0.2, 0.25) is 0 Å². The monoisotopic (exact) mass is 116 g/mol. The zero-order valence-corrected chi connectivity index (χ0v) is 6.07. The summed E-state index contributed by atoms with van der Waals surface area (Å²) in [6, 6.07) is 0. The largest absolute Gasteiger partial charge is 0.256 e. The summed E-state index contributed by atoms with van der Waals surface area (Å²) in [5, 5.41) is 2.11. The summed E-state index contributed by atoms with van der Waals surface area (Å²) >= 11 is 0. The lowest BCUT2D eigenvalue weighted by atomic mass is 10.5. The van der Waals surface area contributed by atoms with Gasteiger partial charge in [0.2, 0.25) is 0 Å². The third-order valence-corrected chi connectivity index (χ3v) is 0.987. The molecule has 0 spiro atoms. The summed E-state index contributed by atoms with van der Waals surface area (Å²) in [6.07, 6.45) is 1.21. The average Bonchev–Trinajstić information content (AvgIpc) is 1.68. The van der Waals surface area contributed by atoms with Gasteiger partial charge in [-0.05, 0) is 6.42 Å². The molecule has 0 saturated heterocycles. The first kappa shape index (κ1) is 7.92. The molecule has 0 aliphatic rings. The van der Waals surface area contributed by atoms with E-state index < -0.39 is 0 Å². The van der Waals surface area contributed by atoms with Gasteiger partial charge in [0.15, 0.2) is 0 Å². The van der Waals surface area contributed by atoms with Crippen LogP contribution in [0.25, 0.3) is 0 Å². The van der Waals surface area contributed by atoms with Gasteiger partial charge in [-0.2, -0.15) is 0 Å². The number of nitrogens with zero attached hydrogens (tertiary/aromatic N) is 1. The van der Waals surface area contributed by atoms with E-state index in [9.17, 15) is 0 Å². The minimum Gasteiger partial charge on any atom is -0.256 e. The van der Waals surface area contributed by atoms with Crippen molar-refractivity contribution in [1.29, 1.82) is 0 Å². The van der Waals surface area contributed by atoms with Gasteiger partial charge in [-0.25, -0.2) is 5.01 Å². The molecule has 0 aromatic heterocycles. The summed E-state index contributed by atoms with van der Waals surface area (Å²) in [4.78, 5) is 0. The van der Waals surface area contributed by atoms with Gasteiger partial charge in [0.25, 0.3) is 0 Å². The van der Waals surface area contributed by atoms with Crippen molar-refractivity contribution in [2.45, 2.75) is 20.3 Å². The van der Waals surface area contributed by atoms with Crippen LogP contribution in [0.4, 0.5) is 0 Å². The Bertz CT molecular complexity index is 39.8. The highest BCUT2D eigenvalue weighted by Crippen LogP contribution is 1.78. The summed E-state index contributed by atoms with van der Waals surface area (Å²) in [5.41, 5.74) is 3.18. The topological polar surface area (TPSA) is 15.3 Å². The molecular formula is C6H16N2. The van der Waals surface area contributed by atoms with Crippen molar-refractivity contribution in [1.82, 2.24) is 10.4 Å². The molecule has 0 unspecified atom stereocenters. The highest BCUT2D eigenvalue weighted by molar-refractivity contribution is 4.38. The van der Waals surface area contributed by atoms with Crippen LogP contribution < -0.4 is 5.43 Å². The van der Waals surface area contributed by atoms with E-state index in [2.05, 4.69) is 31.3 Å². The van der Waals surface area contributed by atoms with Gasteiger partial charge >= 0.3 is 0 Å².